The van der Waals surface area contributed by atoms with Gasteiger partial charge in [-0.05, 0) is 87.5 Å². The van der Waals surface area contributed by atoms with Crippen LogP contribution in [0.25, 0.3) is 0 Å². The van der Waals surface area contributed by atoms with E-state index in [1.807, 2.05) is 41.5 Å². The molecule has 0 spiro atoms. The lowest BCUT2D eigenvalue weighted by Crippen LogP contribution is -2.18. The molecule has 40 heteroatoms. The fraction of sp³-hybridized carbons (Fsp3) is 0.684. The highest BCUT2D eigenvalue weighted by Crippen LogP contribution is 2.14. The molecule has 0 saturated carbocycles. The van der Waals surface area contributed by atoms with Crippen LogP contribution in [0.2, 0.25) is 0 Å². The Kier molecular flexibility index (Phi) is 124. The van der Waals surface area contributed by atoms with Crippen LogP contribution in [0.1, 0.15) is 111 Å². The largest absolute Gasteiger partial charge is 0.462 e. The molecule has 0 saturated heterocycles. The average molecular weight is 1950 g/mol. The third-order valence-electron chi connectivity index (χ3n) is 12.8. The summed E-state index contributed by atoms with van der Waals surface area (Å²) in [5, 5.41) is 16.8. The summed E-state index contributed by atoms with van der Waals surface area (Å²) in [6, 6.07) is 0. The molecule has 0 heterocycles. The van der Waals surface area contributed by atoms with Gasteiger partial charge in [0.1, 0.15) is 59.6 Å². The molecule has 0 aromatic heterocycles. The van der Waals surface area contributed by atoms with Crippen molar-refractivity contribution in [2.45, 2.75) is 111 Å². The van der Waals surface area contributed by atoms with Gasteiger partial charge in [0, 0.05) is 97.9 Å². The standard InChI is InChI=1S/C13H24O6.C12H22O6.C11H20O5.C10H18O5.C9H16O4.C9H16O2.C8H14O4.C8H14O3.C8H14O2.C7H12O3/c1-12(2)13(14)19-11-10-18-9-8-17-7-6-16-5-4-15-3;1-11(2)12(14)18-10-9-17-8-7-16-6-5-15-4-3-13;1-10(2)11(12)16-9-8-15-7-6-14-5-4-13-3;1-9(2)10(12)15-8-7-14-6-5-13-4-3-11;1-8(2)9(10)13-7-6-12-5-4-11-3;1-7(2)8(10)11-6-9(3,4)5;1-7(2)8(9)12-5-4-11-6-10-3;1-4-10-5-6-11-8(9)7(2)3;1-6(2)5-10-8(9)7(3)4;1-6(2)7(8)10-5-4-9-3/h1,4-11H2,2-3H3;13H,1,3-10H2,2H3;1,4-9H2,2-3H3;11H,1,3-8H2,2H3;1,4-7H2,2-3H3;1,6H2,2-5H3;1,4-6H2,2-3H3;2,4-6H2,1,3H3;6H,3,5H2,1-2,4H3;1,4-5H2,2-3H3. The fourth-order valence-corrected chi connectivity index (χ4v) is 6.00. The second-order valence-electron chi connectivity index (χ2n) is 28.7. The minimum atomic E-state index is -0.407. The van der Waals surface area contributed by atoms with Crippen LogP contribution in [-0.4, -0.2) is 383 Å². The molecular weight excluding hydrogens is 1780 g/mol. The normalized spacial score (nSPS) is 9.96. The van der Waals surface area contributed by atoms with E-state index in [2.05, 4.69) is 80.0 Å². The highest BCUT2D eigenvalue weighted by molar-refractivity contribution is 5.90. The van der Waals surface area contributed by atoms with Gasteiger partial charge in [-0.3, -0.25) is 0 Å². The lowest BCUT2D eigenvalue weighted by molar-refractivity contribution is -0.142. The van der Waals surface area contributed by atoms with Gasteiger partial charge in [0.05, 0.1) is 211 Å². The van der Waals surface area contributed by atoms with Crippen molar-refractivity contribution in [1.82, 2.24) is 0 Å². The van der Waals surface area contributed by atoms with Gasteiger partial charge in [-0.2, -0.15) is 0 Å². The smallest absolute Gasteiger partial charge is 0.333 e. The SMILES string of the molecule is C=C(C)C(=O)OCC(C)(C)C.C=C(C)C(=O)OCC(C)C.C=C(C)C(=O)OCCOC.C=C(C)C(=O)OCCOCC.C=C(C)C(=O)OCCOCCOC.C=C(C)C(=O)OCCOCCOCCO.C=C(C)C(=O)OCCOCCOCCOC.C=C(C)C(=O)OCCOCCOCCOCCO.C=C(C)C(=O)OCCOCCOCCOCCOC.C=C(C)C(=O)OCCOCOC. The molecule has 0 aromatic carbocycles. The molecule has 0 amide bonds. The Morgan fingerprint density at radius 1 is 0.222 bits per heavy atom. The molecule has 0 aliphatic heterocycles. The van der Waals surface area contributed by atoms with Gasteiger partial charge in [0.25, 0.3) is 0 Å². The predicted octanol–water partition coefficient (Wildman–Crippen LogP) is 9.17. The number of hydrogen-bond donors (Lipinski definition) is 2. The Morgan fingerprint density at radius 3 is 0.548 bits per heavy atom. The number of rotatable bonds is 71. The fourth-order valence-electron chi connectivity index (χ4n) is 6.00. The first-order valence-electron chi connectivity index (χ1n) is 43.3. The number of carbonyl (C=O) groups excluding carboxylic acids is 10. The van der Waals surface area contributed by atoms with Crippen molar-refractivity contribution in [3.63, 3.8) is 0 Å². The molecular formula is C95H170O40. The topological polar surface area (TPSA) is 470 Å². The zero-order valence-corrected chi connectivity index (χ0v) is 85.3. The van der Waals surface area contributed by atoms with Crippen molar-refractivity contribution < 1.29 is 191 Å². The summed E-state index contributed by atoms with van der Waals surface area (Å²) in [5.74, 6) is -3.30. The third-order valence-corrected chi connectivity index (χ3v) is 12.8. The van der Waals surface area contributed by atoms with Gasteiger partial charge in [0.2, 0.25) is 0 Å². The van der Waals surface area contributed by atoms with Crippen LogP contribution in [0, 0.1) is 11.3 Å². The molecule has 0 radical (unpaired) electrons. The maximum Gasteiger partial charge on any atom is 0.333 e. The van der Waals surface area contributed by atoms with Crippen LogP contribution >= 0.6 is 0 Å². The first-order valence-corrected chi connectivity index (χ1v) is 43.3. The van der Waals surface area contributed by atoms with E-state index in [-0.39, 0.29) is 101 Å². The molecule has 0 unspecified atom stereocenters. The second-order valence-corrected chi connectivity index (χ2v) is 28.7. The summed E-state index contributed by atoms with van der Waals surface area (Å²) in [6.45, 7) is 79.0. The van der Waals surface area contributed by atoms with Gasteiger partial charge in [-0.15, -0.1) is 0 Å². The van der Waals surface area contributed by atoms with Crippen LogP contribution in [0.3, 0.4) is 0 Å². The summed E-state index contributed by atoms with van der Waals surface area (Å²) < 4.78 is 138. The Balaban J connectivity index is -0.000000162. The molecule has 0 rings (SSSR count). The Morgan fingerprint density at radius 2 is 0.378 bits per heavy atom. The molecule has 0 fully saturated rings. The zero-order chi connectivity index (χ0) is 105. The molecule has 40 nitrogen and oxygen atoms in total. The zero-order valence-electron chi connectivity index (χ0n) is 85.3. The summed E-state index contributed by atoms with van der Waals surface area (Å²) in [4.78, 5) is 108. The van der Waals surface area contributed by atoms with Crippen molar-refractivity contribution in [3.8, 4) is 0 Å². The molecule has 0 aliphatic rings. The van der Waals surface area contributed by atoms with Crippen molar-refractivity contribution >= 4 is 59.7 Å². The quantitative estimate of drug-likeness (QED) is 0.0188. The van der Waals surface area contributed by atoms with Crippen LogP contribution in [0.15, 0.2) is 122 Å². The number of methoxy groups -OCH3 is 5. The van der Waals surface area contributed by atoms with E-state index >= 15 is 0 Å². The van der Waals surface area contributed by atoms with Crippen molar-refractivity contribution in [1.29, 1.82) is 0 Å². The summed E-state index contributed by atoms with van der Waals surface area (Å²) >= 11 is 0. The van der Waals surface area contributed by atoms with Crippen LogP contribution in [-0.2, 0) is 181 Å². The Bertz CT molecular complexity index is 3070. The minimum absolute atomic E-state index is 0.0101. The molecule has 790 valence electrons. The monoisotopic (exact) mass is 1950 g/mol. The van der Waals surface area contributed by atoms with Gasteiger partial charge < -0.3 is 143 Å². The Hall–Kier alpha value is -8.70. The maximum atomic E-state index is 11.0. The molecule has 2 N–H and O–H groups in total. The maximum absolute atomic E-state index is 11.0. The Labute approximate surface area is 804 Å². The molecule has 0 atom stereocenters. The lowest BCUT2D eigenvalue weighted by Gasteiger charge is -2.17. The molecule has 0 aliphatic carbocycles. The molecule has 135 heavy (non-hydrogen) atoms. The highest BCUT2D eigenvalue weighted by atomic mass is 16.7. The number of esters is 10. The van der Waals surface area contributed by atoms with E-state index in [1.165, 1.54) is 7.11 Å². The first kappa shape index (κ1) is 147. The lowest BCUT2D eigenvalue weighted by atomic mass is 9.99. The van der Waals surface area contributed by atoms with E-state index in [1.54, 1.807) is 97.7 Å². The van der Waals surface area contributed by atoms with Crippen molar-refractivity contribution in [2.75, 3.05) is 313 Å². The number of aliphatic hydroxyl groups excluding tert-OH is 2. The summed E-state index contributed by atoms with van der Waals surface area (Å²) in [6.07, 6.45) is 0. The van der Waals surface area contributed by atoms with Crippen LogP contribution in [0.5, 0.6) is 0 Å². The van der Waals surface area contributed by atoms with Crippen molar-refractivity contribution in [2.24, 2.45) is 11.3 Å². The van der Waals surface area contributed by atoms with Gasteiger partial charge in [0.15, 0.2) is 0 Å². The molecule has 0 aromatic rings. The highest BCUT2D eigenvalue weighted by Gasteiger charge is 2.15. The van der Waals surface area contributed by atoms with E-state index in [9.17, 15) is 47.9 Å². The second kappa shape index (κ2) is 114. The average Bonchev–Trinajstić information content (AvgIpc) is 0.951. The molecule has 0 bridgehead atoms. The number of ether oxygens (including phenoxy) is 28. The summed E-state index contributed by atoms with van der Waals surface area (Å²) in [5.41, 5.74) is 4.10. The van der Waals surface area contributed by atoms with E-state index in [0.29, 0.717) is 280 Å². The minimum Gasteiger partial charge on any atom is -0.462 e. The first-order chi connectivity index (χ1) is 63.8. The number of carbonyl (C=O) groups is 10. The van der Waals surface area contributed by atoms with Crippen LogP contribution < -0.4 is 0 Å². The van der Waals surface area contributed by atoms with Gasteiger partial charge in [-0.25, -0.2) is 47.9 Å². The number of aliphatic hydroxyl groups is 2. The van der Waals surface area contributed by atoms with E-state index in [0.717, 1.165) is 0 Å². The summed E-state index contributed by atoms with van der Waals surface area (Å²) in [7, 11) is 7.93. The third kappa shape index (κ3) is 141. The van der Waals surface area contributed by atoms with Crippen molar-refractivity contribution in [3.05, 3.63) is 122 Å². The van der Waals surface area contributed by atoms with E-state index in [4.69, 9.17) is 129 Å². The van der Waals surface area contributed by atoms with Gasteiger partial charge >= 0.3 is 59.7 Å². The van der Waals surface area contributed by atoms with E-state index < -0.39 is 23.9 Å². The van der Waals surface area contributed by atoms with Gasteiger partial charge in [-0.1, -0.05) is 100 Å². The predicted molar refractivity (Wildman–Crippen MR) is 507 cm³/mol. The van der Waals surface area contributed by atoms with Crippen LogP contribution in [0.4, 0.5) is 0 Å². The number of hydrogen-bond acceptors (Lipinski definition) is 40.